The summed E-state index contributed by atoms with van der Waals surface area (Å²) in [6.45, 7) is 4.48. The van der Waals surface area contributed by atoms with Crippen LogP contribution >= 0.6 is 0 Å². The summed E-state index contributed by atoms with van der Waals surface area (Å²) in [5, 5.41) is 19.8. The third kappa shape index (κ3) is 3.87. The number of aromatic nitrogens is 1. The van der Waals surface area contributed by atoms with Crippen LogP contribution in [0, 0.1) is 10.1 Å². The van der Waals surface area contributed by atoms with Gasteiger partial charge in [0.1, 0.15) is 12.0 Å². The summed E-state index contributed by atoms with van der Waals surface area (Å²) in [6.07, 6.45) is 1.31. The number of nitrogens with zero attached hydrogens (tertiary/aromatic N) is 4. The van der Waals surface area contributed by atoms with Gasteiger partial charge in [-0.05, 0) is 17.2 Å². The highest BCUT2D eigenvalue weighted by Gasteiger charge is 2.18. The van der Waals surface area contributed by atoms with Gasteiger partial charge in [0.25, 0.3) is 5.69 Å². The third-order valence-corrected chi connectivity index (χ3v) is 4.25. The third-order valence-electron chi connectivity index (χ3n) is 4.25. The Balaban J connectivity index is 1.54. The second kappa shape index (κ2) is 7.37. The van der Waals surface area contributed by atoms with E-state index in [4.69, 9.17) is 5.11 Å². The number of aliphatic hydroxyl groups is 1. The number of hydrogen-bond donors (Lipinski definition) is 1. The normalized spacial score (nSPS) is 15.5. The standard InChI is InChI=1S/C17H20N4O3/c22-13-15-3-1-14(2-4-15)12-19-7-9-20(10-8-19)17-6-5-16(11-18-17)21(23)24/h1-6,11,22H,7-10,12-13H2. The second-order valence-electron chi connectivity index (χ2n) is 5.87. The lowest BCUT2D eigenvalue weighted by Crippen LogP contribution is -2.46. The number of hydrogen-bond acceptors (Lipinski definition) is 6. The van der Waals surface area contributed by atoms with Crippen molar-refractivity contribution in [1.82, 2.24) is 9.88 Å². The molecule has 126 valence electrons. The van der Waals surface area contributed by atoms with Crippen molar-refractivity contribution in [1.29, 1.82) is 0 Å². The smallest absolute Gasteiger partial charge is 0.287 e. The van der Waals surface area contributed by atoms with Gasteiger partial charge in [-0.2, -0.15) is 0 Å². The van der Waals surface area contributed by atoms with Crippen LogP contribution in [0.4, 0.5) is 11.5 Å². The lowest BCUT2D eigenvalue weighted by atomic mass is 10.1. The fourth-order valence-electron chi connectivity index (χ4n) is 2.82. The maximum atomic E-state index is 10.7. The highest BCUT2D eigenvalue weighted by atomic mass is 16.6. The summed E-state index contributed by atoms with van der Waals surface area (Å²) in [5.74, 6) is 0.785. The highest BCUT2D eigenvalue weighted by Crippen LogP contribution is 2.18. The van der Waals surface area contributed by atoms with Crippen LogP contribution in [0.1, 0.15) is 11.1 Å². The number of aliphatic hydroxyl groups excluding tert-OH is 1. The number of nitro groups is 1. The molecule has 0 spiro atoms. The molecule has 0 atom stereocenters. The first-order valence-electron chi connectivity index (χ1n) is 7.92. The summed E-state index contributed by atoms with van der Waals surface area (Å²) in [6, 6.07) is 11.2. The van der Waals surface area contributed by atoms with Crippen LogP contribution in [0.25, 0.3) is 0 Å². The predicted molar refractivity (Wildman–Crippen MR) is 90.7 cm³/mol. The van der Waals surface area contributed by atoms with E-state index in [9.17, 15) is 10.1 Å². The number of piperazine rings is 1. The zero-order valence-corrected chi connectivity index (χ0v) is 13.3. The molecular formula is C17H20N4O3. The van der Waals surface area contributed by atoms with E-state index < -0.39 is 4.92 Å². The van der Waals surface area contributed by atoms with E-state index in [0.717, 1.165) is 44.1 Å². The molecule has 1 fully saturated rings. The van der Waals surface area contributed by atoms with Crippen molar-refractivity contribution in [2.75, 3.05) is 31.1 Å². The van der Waals surface area contributed by atoms with E-state index >= 15 is 0 Å². The van der Waals surface area contributed by atoms with Crippen molar-refractivity contribution in [2.24, 2.45) is 0 Å². The molecule has 1 aromatic carbocycles. The van der Waals surface area contributed by atoms with E-state index in [1.165, 1.54) is 17.8 Å². The van der Waals surface area contributed by atoms with Crippen LogP contribution in [-0.2, 0) is 13.2 Å². The summed E-state index contributed by atoms with van der Waals surface area (Å²) in [4.78, 5) is 19.0. The molecule has 0 saturated carbocycles. The number of rotatable bonds is 5. The predicted octanol–water partition coefficient (Wildman–Crippen LogP) is 1.80. The Kier molecular flexibility index (Phi) is 5.02. The lowest BCUT2D eigenvalue weighted by molar-refractivity contribution is -0.385. The van der Waals surface area contributed by atoms with Crippen LogP contribution in [0.2, 0.25) is 0 Å². The molecule has 0 radical (unpaired) electrons. The fraction of sp³-hybridized carbons (Fsp3) is 0.353. The Morgan fingerprint density at radius 1 is 1.04 bits per heavy atom. The number of benzene rings is 1. The first-order valence-corrected chi connectivity index (χ1v) is 7.92. The lowest BCUT2D eigenvalue weighted by Gasteiger charge is -2.35. The molecule has 2 aromatic rings. The van der Waals surface area contributed by atoms with Crippen LogP contribution in [0.5, 0.6) is 0 Å². The minimum Gasteiger partial charge on any atom is -0.392 e. The molecule has 0 bridgehead atoms. The van der Waals surface area contributed by atoms with Gasteiger partial charge in [0.05, 0.1) is 11.5 Å². The molecule has 0 aliphatic carbocycles. The number of pyridine rings is 1. The average Bonchev–Trinajstić information content (AvgIpc) is 2.63. The molecule has 1 aliphatic rings. The minimum absolute atomic E-state index is 0.0173. The Labute approximate surface area is 140 Å². The average molecular weight is 328 g/mol. The van der Waals surface area contributed by atoms with Crippen molar-refractivity contribution in [3.05, 3.63) is 63.8 Å². The summed E-state index contributed by atoms with van der Waals surface area (Å²) in [7, 11) is 0. The van der Waals surface area contributed by atoms with Gasteiger partial charge in [0.2, 0.25) is 0 Å². The van der Waals surface area contributed by atoms with E-state index in [2.05, 4.69) is 26.9 Å². The first kappa shape index (κ1) is 16.4. The molecule has 1 N–H and O–H groups in total. The molecule has 24 heavy (non-hydrogen) atoms. The summed E-state index contributed by atoms with van der Waals surface area (Å²) >= 11 is 0. The maximum absolute atomic E-state index is 10.7. The SMILES string of the molecule is O=[N+]([O-])c1ccc(N2CCN(Cc3ccc(CO)cc3)CC2)nc1. The van der Waals surface area contributed by atoms with Crippen LogP contribution in [-0.4, -0.2) is 46.1 Å². The largest absolute Gasteiger partial charge is 0.392 e. The van der Waals surface area contributed by atoms with Gasteiger partial charge in [0.15, 0.2) is 0 Å². The molecule has 3 rings (SSSR count). The van der Waals surface area contributed by atoms with E-state index in [1.807, 2.05) is 12.1 Å². The molecular weight excluding hydrogens is 308 g/mol. The van der Waals surface area contributed by atoms with E-state index in [1.54, 1.807) is 6.07 Å². The number of anilines is 1. The second-order valence-corrected chi connectivity index (χ2v) is 5.87. The summed E-state index contributed by atoms with van der Waals surface area (Å²) in [5.41, 5.74) is 2.17. The van der Waals surface area contributed by atoms with Gasteiger partial charge in [-0.15, -0.1) is 0 Å². The van der Waals surface area contributed by atoms with Gasteiger partial charge in [-0.3, -0.25) is 15.0 Å². The quantitative estimate of drug-likeness (QED) is 0.666. The van der Waals surface area contributed by atoms with Crippen molar-refractivity contribution in [3.8, 4) is 0 Å². The van der Waals surface area contributed by atoms with E-state index in [-0.39, 0.29) is 12.3 Å². The topological polar surface area (TPSA) is 82.7 Å². The van der Waals surface area contributed by atoms with Gasteiger partial charge in [-0.25, -0.2) is 4.98 Å². The Bertz CT molecular complexity index is 680. The van der Waals surface area contributed by atoms with Crippen molar-refractivity contribution >= 4 is 11.5 Å². The van der Waals surface area contributed by atoms with Crippen LogP contribution in [0.15, 0.2) is 42.6 Å². The molecule has 1 aliphatic heterocycles. The first-order chi connectivity index (χ1) is 11.7. The Morgan fingerprint density at radius 2 is 1.71 bits per heavy atom. The van der Waals surface area contributed by atoms with E-state index in [0.29, 0.717) is 0 Å². The fourth-order valence-corrected chi connectivity index (χ4v) is 2.82. The van der Waals surface area contributed by atoms with Crippen molar-refractivity contribution in [3.63, 3.8) is 0 Å². The molecule has 0 unspecified atom stereocenters. The Morgan fingerprint density at radius 3 is 2.25 bits per heavy atom. The monoisotopic (exact) mass is 328 g/mol. The molecule has 7 heteroatoms. The van der Waals surface area contributed by atoms with Crippen LogP contribution < -0.4 is 4.90 Å². The maximum Gasteiger partial charge on any atom is 0.287 e. The minimum atomic E-state index is -0.434. The zero-order valence-electron chi connectivity index (χ0n) is 13.3. The van der Waals surface area contributed by atoms with Crippen LogP contribution in [0.3, 0.4) is 0 Å². The molecule has 2 heterocycles. The molecule has 7 nitrogen and oxygen atoms in total. The molecule has 1 saturated heterocycles. The van der Waals surface area contributed by atoms with Gasteiger partial charge < -0.3 is 10.0 Å². The van der Waals surface area contributed by atoms with Gasteiger partial charge in [-0.1, -0.05) is 24.3 Å². The van der Waals surface area contributed by atoms with Crippen molar-refractivity contribution < 1.29 is 10.0 Å². The Hall–Kier alpha value is -2.51. The molecule has 1 aromatic heterocycles. The van der Waals surface area contributed by atoms with Gasteiger partial charge >= 0.3 is 0 Å². The van der Waals surface area contributed by atoms with Gasteiger partial charge in [0, 0.05) is 38.8 Å². The van der Waals surface area contributed by atoms with Crippen molar-refractivity contribution in [2.45, 2.75) is 13.2 Å². The summed E-state index contributed by atoms with van der Waals surface area (Å²) < 4.78 is 0. The molecule has 0 amide bonds. The zero-order chi connectivity index (χ0) is 16.9. The highest BCUT2D eigenvalue weighted by molar-refractivity contribution is 5.43.